The summed E-state index contributed by atoms with van der Waals surface area (Å²) in [6.45, 7) is 2.01. The second kappa shape index (κ2) is 5.35. The Balaban J connectivity index is 2.19. The highest BCUT2D eigenvalue weighted by molar-refractivity contribution is 9.10. The van der Waals surface area contributed by atoms with Crippen molar-refractivity contribution in [2.24, 2.45) is 7.05 Å². The molecule has 0 fully saturated rings. The number of halogens is 1. The van der Waals surface area contributed by atoms with Crippen LogP contribution in [0.5, 0.6) is 0 Å². The summed E-state index contributed by atoms with van der Waals surface area (Å²) < 4.78 is 2.53. The van der Waals surface area contributed by atoms with E-state index in [0.717, 1.165) is 22.3 Å². The minimum absolute atomic E-state index is 0.150. The van der Waals surface area contributed by atoms with E-state index in [1.807, 2.05) is 37.3 Å². The number of aromatic nitrogens is 2. The van der Waals surface area contributed by atoms with Gasteiger partial charge in [-0.2, -0.15) is 5.10 Å². The van der Waals surface area contributed by atoms with Gasteiger partial charge in [0.1, 0.15) is 5.69 Å². The maximum absolute atomic E-state index is 12.1. The van der Waals surface area contributed by atoms with Crippen molar-refractivity contribution >= 4 is 27.5 Å². The summed E-state index contributed by atoms with van der Waals surface area (Å²) in [5.74, 6) is -0.150. The number of benzene rings is 1. The van der Waals surface area contributed by atoms with Crippen molar-refractivity contribution < 1.29 is 4.79 Å². The third-order valence-electron chi connectivity index (χ3n) is 2.61. The number of hydrogen-bond acceptors (Lipinski definition) is 2. The summed E-state index contributed by atoms with van der Waals surface area (Å²) in [4.78, 5) is 12.1. The lowest BCUT2D eigenvalue weighted by Gasteiger charge is -2.05. The standard InChI is InChI=1S/C13H14BrN3O/c1-3-10-8-12(17(2)16-10)13(18)15-11-6-4-5-9(14)7-11/h4-8H,3H2,1-2H3,(H,15,18). The molecule has 1 heterocycles. The van der Waals surface area contributed by atoms with Crippen LogP contribution in [-0.4, -0.2) is 15.7 Å². The molecule has 0 radical (unpaired) electrons. The van der Waals surface area contributed by atoms with E-state index in [9.17, 15) is 4.79 Å². The van der Waals surface area contributed by atoms with E-state index in [1.165, 1.54) is 0 Å². The van der Waals surface area contributed by atoms with Crippen LogP contribution < -0.4 is 5.32 Å². The van der Waals surface area contributed by atoms with Gasteiger partial charge in [-0.05, 0) is 30.7 Å². The molecule has 0 aliphatic carbocycles. The van der Waals surface area contributed by atoms with E-state index in [1.54, 1.807) is 11.7 Å². The maximum atomic E-state index is 12.1. The van der Waals surface area contributed by atoms with Gasteiger partial charge in [-0.3, -0.25) is 9.48 Å². The molecule has 0 atom stereocenters. The highest BCUT2D eigenvalue weighted by Gasteiger charge is 2.12. The van der Waals surface area contributed by atoms with Crippen molar-refractivity contribution in [3.8, 4) is 0 Å². The molecular weight excluding hydrogens is 294 g/mol. The Kier molecular flexibility index (Phi) is 3.81. The van der Waals surface area contributed by atoms with E-state index in [-0.39, 0.29) is 5.91 Å². The first-order valence-electron chi connectivity index (χ1n) is 5.70. The van der Waals surface area contributed by atoms with E-state index in [4.69, 9.17) is 0 Å². The zero-order chi connectivity index (χ0) is 13.1. The number of carbonyl (C=O) groups excluding carboxylic acids is 1. The summed E-state index contributed by atoms with van der Waals surface area (Å²) in [5, 5.41) is 7.10. The number of hydrogen-bond donors (Lipinski definition) is 1. The number of rotatable bonds is 3. The van der Waals surface area contributed by atoms with Crippen molar-refractivity contribution in [3.63, 3.8) is 0 Å². The lowest BCUT2D eigenvalue weighted by atomic mass is 10.2. The first-order chi connectivity index (χ1) is 8.60. The van der Waals surface area contributed by atoms with Gasteiger partial charge in [0.25, 0.3) is 5.91 Å². The van der Waals surface area contributed by atoms with Crippen LogP contribution in [0.3, 0.4) is 0 Å². The lowest BCUT2D eigenvalue weighted by molar-refractivity contribution is 0.101. The molecule has 0 aliphatic heterocycles. The van der Waals surface area contributed by atoms with Crippen molar-refractivity contribution in [1.29, 1.82) is 0 Å². The molecule has 1 N–H and O–H groups in total. The highest BCUT2D eigenvalue weighted by Crippen LogP contribution is 2.16. The number of aryl methyl sites for hydroxylation is 2. The predicted octanol–water partition coefficient (Wildman–Crippen LogP) is 3.00. The Morgan fingerprint density at radius 2 is 2.22 bits per heavy atom. The van der Waals surface area contributed by atoms with Crippen LogP contribution in [0.2, 0.25) is 0 Å². The van der Waals surface area contributed by atoms with Gasteiger partial charge in [-0.15, -0.1) is 0 Å². The van der Waals surface area contributed by atoms with Crippen LogP contribution in [0.15, 0.2) is 34.8 Å². The average Bonchev–Trinajstić information content (AvgIpc) is 2.70. The number of nitrogens with zero attached hydrogens (tertiary/aromatic N) is 2. The minimum atomic E-state index is -0.150. The molecule has 0 bridgehead atoms. The summed E-state index contributed by atoms with van der Waals surface area (Å²) in [7, 11) is 1.77. The molecule has 0 aliphatic rings. The predicted molar refractivity (Wildman–Crippen MR) is 74.7 cm³/mol. The fraction of sp³-hybridized carbons (Fsp3) is 0.231. The Morgan fingerprint density at radius 3 is 2.83 bits per heavy atom. The number of nitrogens with one attached hydrogen (secondary N) is 1. The third-order valence-corrected chi connectivity index (χ3v) is 3.10. The van der Waals surface area contributed by atoms with Crippen LogP contribution in [0, 0.1) is 0 Å². The molecule has 94 valence electrons. The number of carbonyl (C=O) groups is 1. The Bertz CT molecular complexity index is 577. The van der Waals surface area contributed by atoms with Crippen molar-refractivity contribution in [2.75, 3.05) is 5.32 Å². The first-order valence-corrected chi connectivity index (χ1v) is 6.49. The molecule has 4 nitrogen and oxygen atoms in total. The molecule has 2 rings (SSSR count). The van der Waals surface area contributed by atoms with E-state index in [0.29, 0.717) is 5.69 Å². The molecule has 1 amide bonds. The molecule has 5 heteroatoms. The number of amides is 1. The van der Waals surface area contributed by atoms with Gasteiger partial charge >= 0.3 is 0 Å². The normalized spacial score (nSPS) is 10.4. The van der Waals surface area contributed by atoms with Gasteiger partial charge in [0.15, 0.2) is 0 Å². The topological polar surface area (TPSA) is 46.9 Å². The molecule has 1 aromatic heterocycles. The lowest BCUT2D eigenvalue weighted by Crippen LogP contribution is -2.15. The third kappa shape index (κ3) is 2.79. The molecule has 0 saturated carbocycles. The van der Waals surface area contributed by atoms with Gasteiger partial charge in [0.2, 0.25) is 0 Å². The highest BCUT2D eigenvalue weighted by atomic mass is 79.9. The molecule has 0 saturated heterocycles. The van der Waals surface area contributed by atoms with Gasteiger partial charge < -0.3 is 5.32 Å². The van der Waals surface area contributed by atoms with E-state index < -0.39 is 0 Å². The second-order valence-corrected chi connectivity index (χ2v) is 4.88. The largest absolute Gasteiger partial charge is 0.321 e. The van der Waals surface area contributed by atoms with Crippen LogP contribution in [-0.2, 0) is 13.5 Å². The molecule has 18 heavy (non-hydrogen) atoms. The average molecular weight is 308 g/mol. The Labute approximate surface area is 114 Å². The SMILES string of the molecule is CCc1cc(C(=O)Nc2cccc(Br)c2)n(C)n1. The zero-order valence-electron chi connectivity index (χ0n) is 10.3. The fourth-order valence-electron chi connectivity index (χ4n) is 1.67. The van der Waals surface area contributed by atoms with Gasteiger partial charge in [0.05, 0.1) is 5.69 Å². The van der Waals surface area contributed by atoms with Crippen molar-refractivity contribution in [1.82, 2.24) is 9.78 Å². The monoisotopic (exact) mass is 307 g/mol. The van der Waals surface area contributed by atoms with Crippen LogP contribution in [0.4, 0.5) is 5.69 Å². The van der Waals surface area contributed by atoms with Gasteiger partial charge in [-0.1, -0.05) is 28.9 Å². The van der Waals surface area contributed by atoms with E-state index in [2.05, 4.69) is 26.3 Å². The smallest absolute Gasteiger partial charge is 0.273 e. The Hall–Kier alpha value is -1.62. The van der Waals surface area contributed by atoms with Crippen molar-refractivity contribution in [2.45, 2.75) is 13.3 Å². The molecule has 1 aromatic carbocycles. The van der Waals surface area contributed by atoms with Crippen molar-refractivity contribution in [3.05, 3.63) is 46.2 Å². The number of anilines is 1. The van der Waals surface area contributed by atoms with Crippen LogP contribution in [0.25, 0.3) is 0 Å². The zero-order valence-corrected chi connectivity index (χ0v) is 11.9. The first kappa shape index (κ1) is 12.8. The molecule has 0 spiro atoms. The Morgan fingerprint density at radius 1 is 1.44 bits per heavy atom. The summed E-state index contributed by atoms with van der Waals surface area (Å²) in [6, 6.07) is 9.30. The van der Waals surface area contributed by atoms with Crippen LogP contribution >= 0.6 is 15.9 Å². The second-order valence-electron chi connectivity index (χ2n) is 3.96. The summed E-state index contributed by atoms with van der Waals surface area (Å²) in [5.41, 5.74) is 2.23. The molecule has 0 unspecified atom stereocenters. The van der Waals surface area contributed by atoms with Gasteiger partial charge in [-0.25, -0.2) is 0 Å². The summed E-state index contributed by atoms with van der Waals surface area (Å²) in [6.07, 6.45) is 0.817. The maximum Gasteiger partial charge on any atom is 0.273 e. The minimum Gasteiger partial charge on any atom is -0.321 e. The van der Waals surface area contributed by atoms with Crippen LogP contribution in [0.1, 0.15) is 23.1 Å². The summed E-state index contributed by atoms with van der Waals surface area (Å²) >= 11 is 3.37. The molecule has 2 aromatic rings. The quantitative estimate of drug-likeness (QED) is 0.947. The molecular formula is C13H14BrN3O. The van der Waals surface area contributed by atoms with Gasteiger partial charge in [0, 0.05) is 17.2 Å². The fourth-order valence-corrected chi connectivity index (χ4v) is 2.07. The van der Waals surface area contributed by atoms with E-state index >= 15 is 0 Å².